The molecule has 0 aromatic heterocycles. The molecule has 2 N–H and O–H groups in total. The summed E-state index contributed by atoms with van der Waals surface area (Å²) in [5, 5.41) is 1.14. The molecule has 0 aliphatic heterocycles. The van der Waals surface area contributed by atoms with Gasteiger partial charge in [-0.2, -0.15) is 0 Å². The van der Waals surface area contributed by atoms with Crippen LogP contribution < -0.4 is 10.0 Å². The summed E-state index contributed by atoms with van der Waals surface area (Å²) in [7, 11) is -3.72. The molecule has 0 heterocycles. The van der Waals surface area contributed by atoms with Gasteiger partial charge in [0.25, 0.3) is 10.0 Å². The summed E-state index contributed by atoms with van der Waals surface area (Å²) in [5.74, 6) is -0.548. The molecule has 0 aliphatic carbocycles. The first-order valence-corrected chi connectivity index (χ1v) is 8.58. The molecule has 0 bridgehead atoms. The molecule has 1 amide bonds. The van der Waals surface area contributed by atoms with E-state index in [9.17, 15) is 13.2 Å². The van der Waals surface area contributed by atoms with Crippen molar-refractivity contribution < 1.29 is 13.2 Å². The second kappa shape index (κ2) is 7.60. The Labute approximate surface area is 136 Å². The van der Waals surface area contributed by atoms with Crippen LogP contribution in [-0.4, -0.2) is 20.9 Å². The Morgan fingerprint density at radius 1 is 1.00 bits per heavy atom. The number of amides is 1. The maximum atomic E-state index is 12.6. The zero-order valence-electron chi connectivity index (χ0n) is 12.5. The average molecular weight is 330 g/mol. The molecule has 120 valence electrons. The number of hydrogen-bond acceptors (Lipinski definition) is 3. The molecular formula is C17H18N2O3S. The van der Waals surface area contributed by atoms with E-state index in [4.69, 9.17) is 5.73 Å². The van der Waals surface area contributed by atoms with Crippen LogP contribution in [-0.2, 0) is 14.8 Å². The molecule has 0 radical (unpaired) electrons. The third-order valence-electron chi connectivity index (χ3n) is 3.14. The summed E-state index contributed by atoms with van der Waals surface area (Å²) in [5.41, 5.74) is 6.42. The quantitative estimate of drug-likeness (QED) is 0.846. The van der Waals surface area contributed by atoms with E-state index < -0.39 is 15.9 Å². The lowest BCUT2D eigenvalue weighted by molar-refractivity contribution is -0.117. The van der Waals surface area contributed by atoms with Crippen molar-refractivity contribution in [3.63, 3.8) is 0 Å². The van der Waals surface area contributed by atoms with Crippen molar-refractivity contribution in [3.8, 4) is 0 Å². The third-order valence-corrected chi connectivity index (χ3v) is 4.63. The van der Waals surface area contributed by atoms with Crippen molar-refractivity contribution in [1.29, 1.82) is 0 Å². The minimum atomic E-state index is -3.72. The number of primary amides is 1. The first-order valence-electron chi connectivity index (χ1n) is 7.08. The maximum Gasteiger partial charge on any atom is 0.257 e. The summed E-state index contributed by atoms with van der Waals surface area (Å²) in [6.45, 7) is 0.000803. The summed E-state index contributed by atoms with van der Waals surface area (Å²) in [4.78, 5) is 11.0. The average Bonchev–Trinajstić information content (AvgIpc) is 2.55. The van der Waals surface area contributed by atoms with E-state index >= 15 is 0 Å². The fraction of sp³-hybridized carbons (Fsp3) is 0.118. The lowest BCUT2D eigenvalue weighted by Gasteiger charge is -2.22. The Morgan fingerprint density at radius 2 is 1.57 bits per heavy atom. The molecule has 2 aromatic rings. The number of rotatable bonds is 7. The molecule has 0 saturated heterocycles. The van der Waals surface area contributed by atoms with Gasteiger partial charge in [-0.05, 0) is 23.8 Å². The number of nitrogens with two attached hydrogens (primary N) is 1. The number of nitrogens with zero attached hydrogens (tertiary/aromatic N) is 1. The zero-order chi connectivity index (χ0) is 16.7. The van der Waals surface area contributed by atoms with Gasteiger partial charge in [0.1, 0.15) is 0 Å². The van der Waals surface area contributed by atoms with Crippen LogP contribution in [0.4, 0.5) is 5.69 Å². The Hall–Kier alpha value is -2.60. The number of hydrogen-bond donors (Lipinski definition) is 1. The Kier molecular flexibility index (Phi) is 5.54. The van der Waals surface area contributed by atoms with Gasteiger partial charge in [-0.1, -0.05) is 48.5 Å². The van der Waals surface area contributed by atoms with Crippen molar-refractivity contribution in [1.82, 2.24) is 0 Å². The Morgan fingerprint density at radius 3 is 2.13 bits per heavy atom. The van der Waals surface area contributed by atoms with Gasteiger partial charge in [-0.3, -0.25) is 9.10 Å². The van der Waals surface area contributed by atoms with E-state index in [1.54, 1.807) is 30.3 Å². The van der Waals surface area contributed by atoms with Crippen LogP contribution in [0.25, 0.3) is 6.08 Å². The molecule has 5 nitrogen and oxygen atoms in total. The highest BCUT2D eigenvalue weighted by Gasteiger charge is 2.20. The third kappa shape index (κ3) is 4.96. The van der Waals surface area contributed by atoms with Gasteiger partial charge < -0.3 is 5.73 Å². The molecule has 0 saturated carbocycles. The molecule has 0 fully saturated rings. The Balaban J connectivity index is 2.29. The molecular weight excluding hydrogens is 312 g/mol. The van der Waals surface area contributed by atoms with Gasteiger partial charge in [0.15, 0.2) is 0 Å². The van der Waals surface area contributed by atoms with Crippen molar-refractivity contribution >= 4 is 27.7 Å². The molecule has 2 aromatic carbocycles. The standard InChI is InChI=1S/C17H18N2O3S/c18-17(20)11-13-19(16-9-5-2-6-10-16)23(21,22)14-12-15-7-3-1-4-8-15/h1-10,12,14H,11,13H2,(H2,18,20)/b14-12-. The van der Waals surface area contributed by atoms with Gasteiger partial charge in [0.2, 0.25) is 5.91 Å². The van der Waals surface area contributed by atoms with Crippen molar-refractivity contribution in [2.45, 2.75) is 6.42 Å². The lowest BCUT2D eigenvalue weighted by atomic mass is 10.2. The molecule has 0 atom stereocenters. The van der Waals surface area contributed by atoms with E-state index in [0.717, 1.165) is 11.0 Å². The van der Waals surface area contributed by atoms with Gasteiger partial charge in [-0.25, -0.2) is 8.42 Å². The fourth-order valence-electron chi connectivity index (χ4n) is 2.01. The summed E-state index contributed by atoms with van der Waals surface area (Å²) < 4.78 is 26.4. The predicted octanol–water partition coefficient (Wildman–Crippen LogP) is 2.37. The summed E-state index contributed by atoms with van der Waals surface area (Å²) in [6, 6.07) is 17.8. The second-order valence-corrected chi connectivity index (χ2v) is 6.63. The van der Waals surface area contributed by atoms with Crippen molar-refractivity contribution in [3.05, 3.63) is 71.6 Å². The first-order chi connectivity index (χ1) is 11.0. The number of sulfonamides is 1. The minimum absolute atomic E-state index is 0.000803. The SMILES string of the molecule is NC(=O)CCN(c1ccccc1)S(=O)(=O)/C=C\c1ccccc1. The van der Waals surface area contributed by atoms with Crippen LogP contribution in [0.1, 0.15) is 12.0 Å². The van der Waals surface area contributed by atoms with Crippen molar-refractivity contribution in [2.24, 2.45) is 5.73 Å². The van der Waals surface area contributed by atoms with Gasteiger partial charge in [0.05, 0.1) is 11.1 Å². The smallest absolute Gasteiger partial charge is 0.257 e. The van der Waals surface area contributed by atoms with Crippen LogP contribution in [0.5, 0.6) is 0 Å². The number of carbonyl (C=O) groups is 1. The van der Waals surface area contributed by atoms with E-state index in [-0.39, 0.29) is 13.0 Å². The largest absolute Gasteiger partial charge is 0.370 e. The van der Waals surface area contributed by atoms with E-state index in [1.165, 1.54) is 10.4 Å². The number of benzene rings is 2. The highest BCUT2D eigenvalue weighted by atomic mass is 32.2. The Bertz CT molecular complexity index is 772. The topological polar surface area (TPSA) is 80.5 Å². The minimum Gasteiger partial charge on any atom is -0.370 e. The lowest BCUT2D eigenvalue weighted by Crippen LogP contribution is -2.32. The predicted molar refractivity (Wildman–Crippen MR) is 92.0 cm³/mol. The van der Waals surface area contributed by atoms with Crippen LogP contribution in [0, 0.1) is 0 Å². The van der Waals surface area contributed by atoms with Crippen LogP contribution >= 0.6 is 0 Å². The van der Waals surface area contributed by atoms with E-state index in [1.807, 2.05) is 30.3 Å². The monoisotopic (exact) mass is 330 g/mol. The van der Waals surface area contributed by atoms with Crippen LogP contribution in [0.2, 0.25) is 0 Å². The summed E-state index contributed by atoms with van der Waals surface area (Å²) >= 11 is 0. The fourth-order valence-corrected chi connectivity index (χ4v) is 3.25. The first kappa shape index (κ1) is 16.8. The molecule has 2 rings (SSSR count). The highest BCUT2D eigenvalue weighted by molar-refractivity contribution is 7.95. The van der Waals surface area contributed by atoms with Gasteiger partial charge in [-0.15, -0.1) is 0 Å². The molecule has 6 heteroatoms. The second-order valence-electron chi connectivity index (χ2n) is 4.88. The van der Waals surface area contributed by atoms with Crippen LogP contribution in [0.3, 0.4) is 0 Å². The highest BCUT2D eigenvalue weighted by Crippen LogP contribution is 2.19. The maximum absolute atomic E-state index is 12.6. The molecule has 0 unspecified atom stereocenters. The summed E-state index contributed by atoms with van der Waals surface area (Å²) in [6.07, 6.45) is 1.48. The van der Waals surface area contributed by atoms with Crippen molar-refractivity contribution in [2.75, 3.05) is 10.8 Å². The number of carbonyl (C=O) groups excluding carboxylic acids is 1. The van der Waals surface area contributed by atoms with Gasteiger partial charge in [0, 0.05) is 13.0 Å². The van der Waals surface area contributed by atoms with Gasteiger partial charge >= 0.3 is 0 Å². The zero-order valence-corrected chi connectivity index (χ0v) is 13.3. The van der Waals surface area contributed by atoms with Crippen LogP contribution in [0.15, 0.2) is 66.1 Å². The molecule has 0 spiro atoms. The van der Waals surface area contributed by atoms with E-state index in [0.29, 0.717) is 5.69 Å². The molecule has 0 aliphatic rings. The number of para-hydroxylation sites is 1. The number of anilines is 1. The molecule has 23 heavy (non-hydrogen) atoms. The van der Waals surface area contributed by atoms with E-state index in [2.05, 4.69) is 0 Å². The normalized spacial score (nSPS) is 11.5.